The summed E-state index contributed by atoms with van der Waals surface area (Å²) in [4.78, 5) is 33.5. The summed E-state index contributed by atoms with van der Waals surface area (Å²) in [6.07, 6.45) is 8.65. The highest BCUT2D eigenvalue weighted by Gasteiger charge is 2.23. The van der Waals surface area contributed by atoms with E-state index in [0.29, 0.717) is 41.4 Å². The highest BCUT2D eigenvalue weighted by atomic mass is 16.5. The number of carbonyl (C=O) groups excluding carboxylic acids is 2. The van der Waals surface area contributed by atoms with Crippen molar-refractivity contribution < 1.29 is 19.4 Å². The summed E-state index contributed by atoms with van der Waals surface area (Å²) in [7, 11) is 4.50. The number of aliphatic hydroxyl groups is 1. The van der Waals surface area contributed by atoms with E-state index >= 15 is 0 Å². The molecule has 5 N–H and O–H groups in total. The zero-order valence-corrected chi connectivity index (χ0v) is 28.3. The van der Waals surface area contributed by atoms with Gasteiger partial charge in [-0.05, 0) is 25.7 Å². The van der Waals surface area contributed by atoms with Gasteiger partial charge in [-0.3, -0.25) is 4.79 Å². The number of nitrogens with two attached hydrogens (primary N) is 2. The molecule has 0 amide bonds. The number of azo groups is 2. The number of rotatable bonds is 15. The largest absolute Gasteiger partial charge is 0.465 e. The number of nitrogen functional groups attached to an aromatic ring is 2. The number of unbranched alkanes of at least 4 members (excludes halogenated alkanes) is 2. The maximum absolute atomic E-state index is 12.2. The number of ether oxygens (including phenoxy) is 1. The highest BCUT2D eigenvalue weighted by Crippen LogP contribution is 2.34. The van der Waals surface area contributed by atoms with E-state index in [1.165, 1.54) is 44.4 Å². The topological polar surface area (TPSA) is 262 Å². The average molecular weight is 687 g/mol. The first-order valence-electron chi connectivity index (χ1n) is 15.8. The van der Waals surface area contributed by atoms with Gasteiger partial charge in [0.1, 0.15) is 12.2 Å². The van der Waals surface area contributed by atoms with Crippen molar-refractivity contribution in [2.24, 2.45) is 34.6 Å². The van der Waals surface area contributed by atoms with Crippen LogP contribution in [0.15, 0.2) is 45.1 Å². The first-order chi connectivity index (χ1) is 24.1. The zero-order valence-electron chi connectivity index (χ0n) is 28.3. The lowest BCUT2D eigenvalue weighted by molar-refractivity contribution is 0.0601. The molecule has 20 heteroatoms. The molecule has 50 heavy (non-hydrogen) atoms. The molecule has 262 valence electrons. The maximum atomic E-state index is 12.2. The van der Waals surface area contributed by atoms with Gasteiger partial charge in [-0.25, -0.2) is 19.1 Å². The minimum absolute atomic E-state index is 0.116. The number of anilines is 2. The summed E-state index contributed by atoms with van der Waals surface area (Å²) in [6, 6.07) is 1.62. The first-order valence-corrected chi connectivity index (χ1v) is 15.8. The Morgan fingerprint density at radius 2 is 1.38 bits per heavy atom. The Morgan fingerprint density at radius 1 is 0.840 bits per heavy atom. The third kappa shape index (κ3) is 6.99. The molecular formula is C30H38N16O4. The fourth-order valence-corrected chi connectivity index (χ4v) is 4.90. The number of carbonyl (C=O) groups is 2. The fraction of sp³-hybridized carbons (Fsp3) is 0.400. The van der Waals surface area contributed by atoms with Crippen LogP contribution in [-0.2, 0) is 31.7 Å². The van der Waals surface area contributed by atoms with Crippen LogP contribution in [-0.4, -0.2) is 79.7 Å². The second-order valence-electron chi connectivity index (χ2n) is 11.1. The SMILES string of the molecule is CCCCc1nn(-c2ccnc(-n3nc(CCCC)c(/N=N/c4c(C(=O)OC)cnn4C)c3N)n2)c(N)c1/N=N/c1c(C(=O)CO)cnn1C. The average Bonchev–Trinajstić information content (AvgIpc) is 3.86. The second-order valence-corrected chi connectivity index (χ2v) is 11.1. The number of methoxy groups -OCH3 is 1. The third-order valence-electron chi connectivity index (χ3n) is 7.65. The number of ketones is 1. The van der Waals surface area contributed by atoms with Crippen LogP contribution in [0.3, 0.4) is 0 Å². The standard InChI is InChI=1S/C30H38N16O4/c1-6-8-10-19-23(37-39-27-17(21(48)16-47)14-34-43(27)3)25(31)45(41-19)22-12-13-33-30(36-22)46-26(32)24(20(42-46)11-9-7-2)38-40-28-18(29(49)50-5)15-35-44(28)4/h12-15,47H,6-11,16,31-32H2,1-5H3/b39-37+,40-38+. The van der Waals surface area contributed by atoms with E-state index in [4.69, 9.17) is 21.3 Å². The predicted octanol–water partition coefficient (Wildman–Crippen LogP) is 3.96. The molecule has 5 aromatic heterocycles. The van der Waals surface area contributed by atoms with Crippen molar-refractivity contribution in [2.45, 2.75) is 52.4 Å². The Labute approximate surface area is 285 Å². The molecule has 5 heterocycles. The molecule has 0 fully saturated rings. The molecule has 0 aromatic carbocycles. The number of aryl methyl sites for hydroxylation is 4. The third-order valence-corrected chi connectivity index (χ3v) is 7.65. The van der Waals surface area contributed by atoms with Gasteiger partial charge in [0.25, 0.3) is 5.95 Å². The Kier molecular flexibility index (Phi) is 10.8. The molecule has 5 aromatic rings. The van der Waals surface area contributed by atoms with E-state index in [2.05, 4.69) is 45.7 Å². The van der Waals surface area contributed by atoms with Gasteiger partial charge in [0.2, 0.25) is 0 Å². The maximum Gasteiger partial charge on any atom is 0.343 e. The predicted molar refractivity (Wildman–Crippen MR) is 180 cm³/mol. The quantitative estimate of drug-likeness (QED) is 0.0803. The van der Waals surface area contributed by atoms with Crippen LogP contribution in [0.1, 0.15) is 71.6 Å². The van der Waals surface area contributed by atoms with E-state index in [-0.39, 0.29) is 40.3 Å². The van der Waals surface area contributed by atoms with Crippen molar-refractivity contribution >= 4 is 46.4 Å². The van der Waals surface area contributed by atoms with E-state index in [1.54, 1.807) is 20.2 Å². The van der Waals surface area contributed by atoms with E-state index in [9.17, 15) is 14.7 Å². The van der Waals surface area contributed by atoms with Gasteiger partial charge in [0, 0.05) is 26.4 Å². The molecule has 0 radical (unpaired) electrons. The van der Waals surface area contributed by atoms with Gasteiger partial charge < -0.3 is 21.3 Å². The molecule has 20 nitrogen and oxygen atoms in total. The van der Waals surface area contributed by atoms with Gasteiger partial charge in [0.05, 0.1) is 36.5 Å². The minimum Gasteiger partial charge on any atom is -0.465 e. The molecule has 0 saturated carbocycles. The molecular weight excluding hydrogens is 648 g/mol. The minimum atomic E-state index is -0.696. The lowest BCUT2D eigenvalue weighted by atomic mass is 10.2. The lowest BCUT2D eigenvalue weighted by Gasteiger charge is -2.06. The van der Waals surface area contributed by atoms with Crippen molar-refractivity contribution in [3.63, 3.8) is 0 Å². The summed E-state index contributed by atoms with van der Waals surface area (Å²) < 4.78 is 10.4. The van der Waals surface area contributed by atoms with Crippen LogP contribution in [0.4, 0.5) is 34.6 Å². The number of nitrogens with zero attached hydrogens (tertiary/aromatic N) is 14. The second kappa shape index (κ2) is 15.4. The van der Waals surface area contributed by atoms with Crippen molar-refractivity contribution in [3.8, 4) is 11.8 Å². The van der Waals surface area contributed by atoms with E-state index in [0.717, 1.165) is 25.7 Å². The van der Waals surface area contributed by atoms with Crippen LogP contribution in [0, 0.1) is 0 Å². The highest BCUT2D eigenvalue weighted by molar-refractivity contribution is 6.00. The van der Waals surface area contributed by atoms with Gasteiger partial charge in [-0.15, -0.1) is 20.5 Å². The first kappa shape index (κ1) is 35.1. The summed E-state index contributed by atoms with van der Waals surface area (Å²) in [6.45, 7) is 3.40. The molecule has 0 aliphatic heterocycles. The monoisotopic (exact) mass is 686 g/mol. The number of aromatic nitrogens is 10. The summed E-state index contributed by atoms with van der Waals surface area (Å²) >= 11 is 0. The van der Waals surface area contributed by atoms with Crippen LogP contribution in [0.5, 0.6) is 0 Å². The van der Waals surface area contributed by atoms with Crippen molar-refractivity contribution in [1.29, 1.82) is 0 Å². The van der Waals surface area contributed by atoms with Crippen LogP contribution < -0.4 is 11.5 Å². The number of aliphatic hydroxyl groups excluding tert-OH is 1. The number of hydrogen-bond donors (Lipinski definition) is 3. The van der Waals surface area contributed by atoms with Gasteiger partial charge in [0.15, 0.2) is 46.2 Å². The van der Waals surface area contributed by atoms with Gasteiger partial charge in [-0.2, -0.15) is 34.7 Å². The van der Waals surface area contributed by atoms with Crippen molar-refractivity contribution in [2.75, 3.05) is 25.2 Å². The van der Waals surface area contributed by atoms with E-state index < -0.39 is 18.4 Å². The van der Waals surface area contributed by atoms with Gasteiger partial charge in [-0.1, -0.05) is 26.7 Å². The summed E-state index contributed by atoms with van der Waals surface area (Å²) in [5.41, 5.74) is 15.2. The Bertz CT molecular complexity index is 1930. The van der Waals surface area contributed by atoms with Crippen molar-refractivity contribution in [3.05, 3.63) is 47.2 Å². The normalized spacial score (nSPS) is 11.7. The molecule has 0 atom stereocenters. The molecule has 0 aliphatic carbocycles. The molecule has 0 aliphatic rings. The molecule has 0 spiro atoms. The zero-order chi connectivity index (χ0) is 35.9. The number of hydrogen-bond acceptors (Lipinski definition) is 16. The van der Waals surface area contributed by atoms with Gasteiger partial charge >= 0.3 is 5.97 Å². The van der Waals surface area contributed by atoms with Crippen LogP contribution >= 0.6 is 0 Å². The lowest BCUT2D eigenvalue weighted by Crippen LogP contribution is -2.11. The summed E-state index contributed by atoms with van der Waals surface area (Å²) in [5, 5.41) is 44.2. The molecule has 0 unspecified atom stereocenters. The van der Waals surface area contributed by atoms with Crippen LogP contribution in [0.2, 0.25) is 0 Å². The Morgan fingerprint density at radius 3 is 1.94 bits per heavy atom. The number of esters is 1. The van der Waals surface area contributed by atoms with Crippen molar-refractivity contribution in [1.82, 2.24) is 49.1 Å². The molecule has 0 saturated heterocycles. The van der Waals surface area contributed by atoms with E-state index in [1.807, 2.05) is 13.8 Å². The molecule has 0 bridgehead atoms. The smallest absolute Gasteiger partial charge is 0.343 e. The number of Topliss-reactive ketones (excluding diaryl/α,β-unsaturated/α-hetero) is 1. The Hall–Kier alpha value is -6.18. The van der Waals surface area contributed by atoms with Crippen LogP contribution in [0.25, 0.3) is 11.8 Å². The summed E-state index contributed by atoms with van der Waals surface area (Å²) in [5.74, 6) is -0.123. The fourth-order valence-electron chi connectivity index (χ4n) is 4.90. The molecule has 5 rings (SSSR count). The Balaban J connectivity index is 1.55.